The number of amides is 1. The van der Waals surface area contributed by atoms with Gasteiger partial charge in [0.25, 0.3) is 0 Å². The van der Waals surface area contributed by atoms with Gasteiger partial charge in [-0.25, -0.2) is 4.79 Å². The lowest BCUT2D eigenvalue weighted by molar-refractivity contribution is 0.0224. The molecule has 1 aliphatic heterocycles. The van der Waals surface area contributed by atoms with Crippen LogP contribution in [0.15, 0.2) is 47.2 Å². The van der Waals surface area contributed by atoms with Crippen molar-refractivity contribution in [3.05, 3.63) is 58.3 Å². The minimum absolute atomic E-state index is 0.0295. The van der Waals surface area contributed by atoms with E-state index in [9.17, 15) is 20.6 Å². The van der Waals surface area contributed by atoms with Crippen LogP contribution in [0.5, 0.6) is 0 Å². The maximum Gasteiger partial charge on any atom is 0.410 e. The van der Waals surface area contributed by atoms with Crippen LogP contribution in [0.2, 0.25) is 0 Å². The van der Waals surface area contributed by atoms with E-state index in [1.807, 2.05) is 24.3 Å². The highest BCUT2D eigenvalue weighted by molar-refractivity contribution is 5.70. The number of ether oxygens (including phenoxy) is 1. The molecule has 7 heteroatoms. The van der Waals surface area contributed by atoms with Gasteiger partial charge in [0.05, 0.1) is 23.4 Å². The molecule has 0 spiro atoms. The Bertz CT molecular complexity index is 1160. The molecule has 34 heavy (non-hydrogen) atoms. The highest BCUT2D eigenvalue weighted by atomic mass is 16.6. The van der Waals surface area contributed by atoms with Crippen LogP contribution in [-0.2, 0) is 10.2 Å². The molecular formula is C27H31N5O2. The first-order valence-electron chi connectivity index (χ1n) is 11.3. The summed E-state index contributed by atoms with van der Waals surface area (Å²) in [6.45, 7) is 12.2. The zero-order valence-electron chi connectivity index (χ0n) is 20.6. The Balaban J connectivity index is 2.18. The SMILES string of the molecule is CC(C)(C)OC(=O)N1CC=C2C(C#N)=C(N)C(C#N)(C#N)[C@@H](c3ccc(C(C)(C)C)cc3)[C@@H]2C1. The molecule has 0 fully saturated rings. The summed E-state index contributed by atoms with van der Waals surface area (Å²) in [7, 11) is 0. The third kappa shape index (κ3) is 4.25. The van der Waals surface area contributed by atoms with Crippen molar-refractivity contribution >= 4 is 6.09 Å². The Kier molecular flexibility index (Phi) is 6.25. The van der Waals surface area contributed by atoms with Crippen molar-refractivity contribution in [2.24, 2.45) is 17.1 Å². The smallest absolute Gasteiger partial charge is 0.410 e. The largest absolute Gasteiger partial charge is 0.444 e. The summed E-state index contributed by atoms with van der Waals surface area (Å²) in [5.74, 6) is -1.13. The molecule has 2 atom stereocenters. The third-order valence-corrected chi connectivity index (χ3v) is 6.45. The molecule has 1 aromatic carbocycles. The maximum atomic E-state index is 12.8. The van der Waals surface area contributed by atoms with E-state index in [4.69, 9.17) is 10.5 Å². The minimum Gasteiger partial charge on any atom is -0.444 e. The van der Waals surface area contributed by atoms with E-state index >= 15 is 0 Å². The highest BCUT2D eigenvalue weighted by Gasteiger charge is 2.55. The number of hydrogen-bond acceptors (Lipinski definition) is 6. The molecule has 0 radical (unpaired) electrons. The molecule has 2 aliphatic rings. The Morgan fingerprint density at radius 3 is 2.15 bits per heavy atom. The lowest BCUT2D eigenvalue weighted by atomic mass is 9.58. The Labute approximate surface area is 201 Å². The molecule has 2 N–H and O–H groups in total. The lowest BCUT2D eigenvalue weighted by Gasteiger charge is -2.45. The molecule has 0 bridgehead atoms. The van der Waals surface area contributed by atoms with Crippen LogP contribution in [0.25, 0.3) is 0 Å². The van der Waals surface area contributed by atoms with Crippen molar-refractivity contribution in [1.29, 1.82) is 15.8 Å². The van der Waals surface area contributed by atoms with Crippen molar-refractivity contribution in [3.8, 4) is 18.2 Å². The van der Waals surface area contributed by atoms with Gasteiger partial charge in [0.1, 0.15) is 11.7 Å². The molecular weight excluding hydrogens is 426 g/mol. The van der Waals surface area contributed by atoms with Crippen LogP contribution >= 0.6 is 0 Å². The molecule has 0 saturated heterocycles. The number of carbonyl (C=O) groups is 1. The number of rotatable bonds is 1. The highest BCUT2D eigenvalue weighted by Crippen LogP contribution is 2.54. The topological polar surface area (TPSA) is 127 Å². The number of nitriles is 3. The predicted molar refractivity (Wildman–Crippen MR) is 128 cm³/mol. The summed E-state index contributed by atoms with van der Waals surface area (Å²) in [4.78, 5) is 14.4. The van der Waals surface area contributed by atoms with Gasteiger partial charge in [-0.15, -0.1) is 0 Å². The van der Waals surface area contributed by atoms with Crippen LogP contribution < -0.4 is 5.73 Å². The van der Waals surface area contributed by atoms with E-state index in [1.165, 1.54) is 0 Å². The van der Waals surface area contributed by atoms with E-state index in [0.29, 0.717) is 5.57 Å². The summed E-state index contributed by atoms with van der Waals surface area (Å²) in [5, 5.41) is 30.4. The van der Waals surface area contributed by atoms with Gasteiger partial charge in [-0.2, -0.15) is 15.8 Å². The fourth-order valence-electron chi connectivity index (χ4n) is 4.72. The fourth-order valence-corrected chi connectivity index (χ4v) is 4.72. The summed E-state index contributed by atoms with van der Waals surface area (Å²) < 4.78 is 5.56. The summed E-state index contributed by atoms with van der Waals surface area (Å²) in [5.41, 5.74) is 6.56. The van der Waals surface area contributed by atoms with Crippen molar-refractivity contribution in [3.63, 3.8) is 0 Å². The molecule has 1 aromatic rings. The summed E-state index contributed by atoms with van der Waals surface area (Å²) in [6.07, 6.45) is 1.31. The second-order valence-electron chi connectivity index (χ2n) is 10.9. The molecule has 0 saturated carbocycles. The molecule has 1 amide bonds. The number of benzene rings is 1. The number of fused-ring (bicyclic) bond motifs is 1. The minimum atomic E-state index is -1.74. The number of nitrogens with two attached hydrogens (primary N) is 1. The number of allylic oxidation sites excluding steroid dienone is 2. The maximum absolute atomic E-state index is 12.8. The van der Waals surface area contributed by atoms with Gasteiger partial charge in [0.2, 0.25) is 0 Å². The van der Waals surface area contributed by atoms with E-state index in [0.717, 1.165) is 11.1 Å². The number of carbonyl (C=O) groups excluding carboxylic acids is 1. The van der Waals surface area contributed by atoms with E-state index in [2.05, 4.69) is 39.0 Å². The van der Waals surface area contributed by atoms with Crippen LogP contribution in [-0.4, -0.2) is 29.7 Å². The third-order valence-electron chi connectivity index (χ3n) is 6.45. The van der Waals surface area contributed by atoms with Crippen molar-refractivity contribution in [2.45, 2.75) is 58.5 Å². The Hall–Kier alpha value is -3.76. The molecule has 1 heterocycles. The van der Waals surface area contributed by atoms with Gasteiger partial charge in [-0.3, -0.25) is 0 Å². The van der Waals surface area contributed by atoms with Gasteiger partial charge in [-0.1, -0.05) is 51.1 Å². The molecule has 7 nitrogen and oxygen atoms in total. The molecule has 176 valence electrons. The predicted octanol–water partition coefficient (Wildman–Crippen LogP) is 4.64. The second kappa shape index (κ2) is 8.54. The zero-order chi connectivity index (χ0) is 25.5. The average Bonchev–Trinajstić information content (AvgIpc) is 2.76. The van der Waals surface area contributed by atoms with Gasteiger partial charge in [0.15, 0.2) is 5.41 Å². The standard InChI is InChI=1S/C27H31N5O2/c1-25(2,3)18-9-7-17(8-10-18)22-21-14-32(24(33)34-26(4,5)6)12-11-19(21)20(13-28)23(31)27(22,15-29)16-30/h7-11,21-22H,12,14,31H2,1-6H3/t21-,22+/m1/s1. The Morgan fingerprint density at radius 1 is 1.09 bits per heavy atom. The summed E-state index contributed by atoms with van der Waals surface area (Å²) >= 11 is 0. The average molecular weight is 458 g/mol. The van der Waals surface area contributed by atoms with Crippen LogP contribution in [0.4, 0.5) is 4.79 Å². The van der Waals surface area contributed by atoms with Crippen LogP contribution in [0.1, 0.15) is 58.6 Å². The molecule has 0 aromatic heterocycles. The van der Waals surface area contributed by atoms with Crippen molar-refractivity contribution < 1.29 is 9.53 Å². The first-order chi connectivity index (χ1) is 15.8. The first-order valence-corrected chi connectivity index (χ1v) is 11.3. The zero-order valence-corrected chi connectivity index (χ0v) is 20.6. The van der Waals surface area contributed by atoms with Gasteiger partial charge in [-0.05, 0) is 42.9 Å². The quantitative estimate of drug-likeness (QED) is 0.654. The molecule has 0 unspecified atom stereocenters. The van der Waals surface area contributed by atoms with E-state index < -0.39 is 28.9 Å². The normalized spacial score (nSPS) is 22.0. The van der Waals surface area contributed by atoms with E-state index in [-0.39, 0.29) is 29.8 Å². The molecule has 3 rings (SSSR count). The second-order valence-corrected chi connectivity index (χ2v) is 10.9. The van der Waals surface area contributed by atoms with Crippen LogP contribution in [0, 0.1) is 45.3 Å². The summed E-state index contributed by atoms with van der Waals surface area (Å²) in [6, 6.07) is 14.2. The van der Waals surface area contributed by atoms with Gasteiger partial charge < -0.3 is 15.4 Å². The monoisotopic (exact) mass is 457 g/mol. The van der Waals surface area contributed by atoms with Crippen molar-refractivity contribution in [1.82, 2.24) is 4.90 Å². The number of hydrogen-bond donors (Lipinski definition) is 1. The number of nitrogens with zero attached hydrogens (tertiary/aromatic N) is 4. The van der Waals surface area contributed by atoms with Gasteiger partial charge in [0, 0.05) is 24.9 Å². The van der Waals surface area contributed by atoms with Gasteiger partial charge >= 0.3 is 6.09 Å². The fraction of sp³-hybridized carbons (Fsp3) is 0.481. The molecule has 1 aliphatic carbocycles. The lowest BCUT2D eigenvalue weighted by Crippen LogP contribution is -2.50. The first kappa shape index (κ1) is 24.9. The van der Waals surface area contributed by atoms with E-state index in [1.54, 1.807) is 31.7 Å². The van der Waals surface area contributed by atoms with Crippen LogP contribution in [0.3, 0.4) is 0 Å². The van der Waals surface area contributed by atoms with Crippen molar-refractivity contribution in [2.75, 3.05) is 13.1 Å². The Morgan fingerprint density at radius 2 is 1.68 bits per heavy atom.